The van der Waals surface area contributed by atoms with Gasteiger partial charge in [0.05, 0.1) is 12.6 Å². The summed E-state index contributed by atoms with van der Waals surface area (Å²) in [4.78, 5) is 51.6. The second-order valence-electron chi connectivity index (χ2n) is 10.4. The average molecular weight is 516 g/mol. The summed E-state index contributed by atoms with van der Waals surface area (Å²) in [6.45, 7) is 11.6. The molecule has 0 aromatic carbocycles. The van der Waals surface area contributed by atoms with Crippen LogP contribution in [0.4, 0.5) is 0 Å². The van der Waals surface area contributed by atoms with Gasteiger partial charge < -0.3 is 20.7 Å². The van der Waals surface area contributed by atoms with E-state index in [0.717, 1.165) is 19.3 Å². The van der Waals surface area contributed by atoms with Gasteiger partial charge in [0, 0.05) is 29.2 Å². The lowest BCUT2D eigenvalue weighted by Gasteiger charge is -2.27. The zero-order valence-corrected chi connectivity index (χ0v) is 23.2. The molecule has 3 N–H and O–H groups in total. The minimum Gasteiger partial charge on any atom is -0.361 e. The fourth-order valence-corrected chi connectivity index (χ4v) is 4.29. The molecule has 1 rings (SSSR count). The van der Waals surface area contributed by atoms with Crippen molar-refractivity contribution < 1.29 is 28.1 Å². The summed E-state index contributed by atoms with van der Waals surface area (Å²) in [6.07, 6.45) is 5.11. The molecule has 5 atom stereocenters. The fraction of sp³-hybridized carbons (Fsp3) is 0.840. The minimum absolute atomic E-state index is 0.145. The lowest BCUT2D eigenvalue weighted by molar-refractivity contribution is -0.135. The third-order valence-electron chi connectivity index (χ3n) is 6.04. The number of Topliss-reactive ketones (excluding diaryl/α,β-unsaturated/α-hetero) is 1. The van der Waals surface area contributed by atoms with Crippen LogP contribution >= 0.6 is 0 Å². The standard InChI is InChI=1S/C25H45N3O6S/c1-8-9-10-11-20(29)28-21(17(4)5)24(32)26-18(12-13-35(7)33)23(31)27-19(14-16(2)3)22(30)25(6)15-34-25/h16-19,21H,8-15H2,1-7H3,(H,26,32)(H,27,31)(H,28,29)/t18-,19-,21-,25+,35+/m0/s1. The molecule has 0 bridgehead atoms. The Bertz CT molecular complexity index is 766. The molecule has 0 spiro atoms. The highest BCUT2D eigenvalue weighted by atomic mass is 32.2. The van der Waals surface area contributed by atoms with Crippen LogP contribution in [0.15, 0.2) is 0 Å². The zero-order valence-electron chi connectivity index (χ0n) is 22.4. The molecule has 10 heteroatoms. The van der Waals surface area contributed by atoms with E-state index in [1.807, 2.05) is 34.6 Å². The Morgan fingerprint density at radius 1 is 0.971 bits per heavy atom. The molecule has 202 valence electrons. The monoisotopic (exact) mass is 515 g/mol. The van der Waals surface area contributed by atoms with Crippen LogP contribution in [0.5, 0.6) is 0 Å². The van der Waals surface area contributed by atoms with Crippen LogP contribution in [0.1, 0.15) is 80.1 Å². The maximum atomic E-state index is 13.2. The van der Waals surface area contributed by atoms with Crippen molar-refractivity contribution in [2.45, 2.75) is 104 Å². The number of hydrogen-bond donors (Lipinski definition) is 3. The van der Waals surface area contributed by atoms with E-state index in [1.54, 1.807) is 6.92 Å². The van der Waals surface area contributed by atoms with Crippen molar-refractivity contribution in [2.75, 3.05) is 18.6 Å². The van der Waals surface area contributed by atoms with E-state index in [1.165, 1.54) is 6.26 Å². The Kier molecular flexibility index (Phi) is 13.1. The topological polar surface area (TPSA) is 134 Å². The number of nitrogens with one attached hydrogen (secondary N) is 3. The Morgan fingerprint density at radius 2 is 1.57 bits per heavy atom. The highest BCUT2D eigenvalue weighted by Gasteiger charge is 2.50. The largest absolute Gasteiger partial charge is 0.361 e. The lowest BCUT2D eigenvalue weighted by atomic mass is 9.93. The lowest BCUT2D eigenvalue weighted by Crippen LogP contribution is -2.58. The number of ether oxygens (including phenoxy) is 1. The number of ketones is 1. The van der Waals surface area contributed by atoms with Gasteiger partial charge in [0.2, 0.25) is 17.7 Å². The highest BCUT2D eigenvalue weighted by Crippen LogP contribution is 2.29. The molecule has 1 fully saturated rings. The van der Waals surface area contributed by atoms with E-state index >= 15 is 0 Å². The molecule has 1 aliphatic heterocycles. The van der Waals surface area contributed by atoms with Gasteiger partial charge in [-0.05, 0) is 38.0 Å². The smallest absolute Gasteiger partial charge is 0.243 e. The summed E-state index contributed by atoms with van der Waals surface area (Å²) < 4.78 is 17.0. The first-order valence-electron chi connectivity index (χ1n) is 12.7. The van der Waals surface area contributed by atoms with Gasteiger partial charge in [0.15, 0.2) is 5.78 Å². The maximum absolute atomic E-state index is 13.2. The highest BCUT2D eigenvalue weighted by molar-refractivity contribution is 7.84. The third kappa shape index (κ3) is 11.2. The molecule has 0 aromatic heterocycles. The minimum atomic E-state index is -1.17. The van der Waals surface area contributed by atoms with Crippen molar-refractivity contribution in [3.8, 4) is 0 Å². The van der Waals surface area contributed by atoms with Gasteiger partial charge >= 0.3 is 0 Å². The number of carbonyl (C=O) groups is 4. The molecule has 3 amide bonds. The Balaban J connectivity index is 2.95. The third-order valence-corrected chi connectivity index (χ3v) is 6.85. The molecule has 9 nitrogen and oxygen atoms in total. The first-order valence-corrected chi connectivity index (χ1v) is 14.4. The van der Waals surface area contributed by atoms with Crippen LogP contribution < -0.4 is 16.0 Å². The summed E-state index contributed by atoms with van der Waals surface area (Å²) in [7, 11) is -1.17. The number of unbranched alkanes of at least 4 members (excludes halogenated alkanes) is 2. The van der Waals surface area contributed by atoms with Crippen molar-refractivity contribution >= 4 is 34.3 Å². The molecule has 0 unspecified atom stereocenters. The van der Waals surface area contributed by atoms with E-state index in [0.29, 0.717) is 19.4 Å². The van der Waals surface area contributed by atoms with Crippen molar-refractivity contribution in [3.63, 3.8) is 0 Å². The number of amides is 3. The fourth-order valence-electron chi connectivity index (χ4n) is 3.72. The number of carbonyl (C=O) groups excluding carboxylic acids is 4. The van der Waals surface area contributed by atoms with Crippen molar-refractivity contribution in [1.82, 2.24) is 16.0 Å². The first kappa shape index (κ1) is 31.2. The van der Waals surface area contributed by atoms with Gasteiger partial charge in [0.1, 0.15) is 17.7 Å². The first-order chi connectivity index (χ1) is 16.3. The van der Waals surface area contributed by atoms with Crippen molar-refractivity contribution in [3.05, 3.63) is 0 Å². The van der Waals surface area contributed by atoms with Crippen LogP contribution in [0.2, 0.25) is 0 Å². The Morgan fingerprint density at radius 3 is 2.06 bits per heavy atom. The predicted molar refractivity (Wildman–Crippen MR) is 137 cm³/mol. The summed E-state index contributed by atoms with van der Waals surface area (Å²) in [5.41, 5.74) is -0.888. The van der Waals surface area contributed by atoms with E-state index in [2.05, 4.69) is 16.0 Å². The number of rotatable bonds is 17. The number of hydrogen-bond acceptors (Lipinski definition) is 6. The molecular formula is C25H45N3O6S. The predicted octanol–water partition coefficient (Wildman–Crippen LogP) is 1.85. The van der Waals surface area contributed by atoms with Gasteiger partial charge in [-0.2, -0.15) is 0 Å². The van der Waals surface area contributed by atoms with Crippen molar-refractivity contribution in [1.29, 1.82) is 0 Å². The summed E-state index contributed by atoms with van der Waals surface area (Å²) in [5.74, 6) is -1.23. The molecule has 0 saturated carbocycles. The van der Waals surface area contributed by atoms with Gasteiger partial charge in [-0.1, -0.05) is 47.5 Å². The molecule has 1 aliphatic rings. The Labute approximate surface area is 212 Å². The van der Waals surface area contributed by atoms with Gasteiger partial charge in [-0.15, -0.1) is 0 Å². The normalized spacial score (nSPS) is 20.6. The summed E-state index contributed by atoms with van der Waals surface area (Å²) in [6, 6.07) is -2.54. The van der Waals surface area contributed by atoms with E-state index < -0.39 is 46.3 Å². The van der Waals surface area contributed by atoms with E-state index in [9.17, 15) is 23.4 Å². The second kappa shape index (κ2) is 14.7. The second-order valence-corrected chi connectivity index (χ2v) is 12.0. The molecule has 0 radical (unpaired) electrons. The molecule has 0 aromatic rings. The van der Waals surface area contributed by atoms with Gasteiger partial charge in [-0.3, -0.25) is 23.4 Å². The quantitative estimate of drug-likeness (QED) is 0.200. The van der Waals surface area contributed by atoms with Crippen LogP contribution in [0.3, 0.4) is 0 Å². The SMILES string of the molecule is CCCCCC(=O)N[C@H](C(=O)N[C@@H](CC[S@@](C)=O)C(=O)N[C@@H](CC(C)C)C(=O)[C@@]1(C)CO1)C(C)C. The van der Waals surface area contributed by atoms with Gasteiger partial charge in [0.25, 0.3) is 0 Å². The van der Waals surface area contributed by atoms with Crippen LogP contribution in [0.25, 0.3) is 0 Å². The molecule has 1 saturated heterocycles. The average Bonchev–Trinajstić information content (AvgIpc) is 3.51. The molecule has 35 heavy (non-hydrogen) atoms. The summed E-state index contributed by atoms with van der Waals surface area (Å²) in [5, 5.41) is 8.32. The number of epoxide rings is 1. The molecule has 0 aliphatic carbocycles. The van der Waals surface area contributed by atoms with Crippen molar-refractivity contribution in [2.24, 2.45) is 11.8 Å². The van der Waals surface area contributed by atoms with Crippen LogP contribution in [-0.4, -0.2) is 70.1 Å². The maximum Gasteiger partial charge on any atom is 0.243 e. The molecule has 1 heterocycles. The van der Waals surface area contributed by atoms with Gasteiger partial charge in [-0.25, -0.2) is 0 Å². The van der Waals surface area contributed by atoms with Crippen LogP contribution in [0, 0.1) is 11.8 Å². The van der Waals surface area contributed by atoms with E-state index in [-0.39, 0.29) is 35.7 Å². The summed E-state index contributed by atoms with van der Waals surface area (Å²) >= 11 is 0. The molecular weight excluding hydrogens is 470 g/mol. The Hall–Kier alpha value is -1.81. The van der Waals surface area contributed by atoms with E-state index in [4.69, 9.17) is 4.74 Å². The zero-order chi connectivity index (χ0) is 26.8. The van der Waals surface area contributed by atoms with Crippen LogP contribution in [-0.2, 0) is 34.7 Å².